The second kappa shape index (κ2) is 8.75. The first-order valence-corrected chi connectivity index (χ1v) is 12.4. The van der Waals surface area contributed by atoms with Gasteiger partial charge in [0.2, 0.25) is 10.0 Å². The van der Waals surface area contributed by atoms with Gasteiger partial charge in [0.15, 0.2) is 0 Å². The minimum Gasteiger partial charge on any atom is -0.480 e. The van der Waals surface area contributed by atoms with E-state index in [2.05, 4.69) is 5.10 Å². The Morgan fingerprint density at radius 1 is 1.18 bits per heavy atom. The van der Waals surface area contributed by atoms with Gasteiger partial charge in [-0.15, -0.1) is 0 Å². The van der Waals surface area contributed by atoms with Crippen molar-refractivity contribution < 1.29 is 31.5 Å². The van der Waals surface area contributed by atoms with Gasteiger partial charge in [-0.05, 0) is 61.8 Å². The van der Waals surface area contributed by atoms with E-state index in [0.717, 1.165) is 36.1 Å². The molecule has 1 saturated carbocycles. The van der Waals surface area contributed by atoms with Gasteiger partial charge >= 0.3 is 12.1 Å². The molecule has 2 aliphatic carbocycles. The number of hydrogen-bond donors (Lipinski definition) is 1. The zero-order valence-electron chi connectivity index (χ0n) is 18.2. The van der Waals surface area contributed by atoms with Crippen molar-refractivity contribution in [1.82, 2.24) is 14.1 Å². The summed E-state index contributed by atoms with van der Waals surface area (Å²) in [6.45, 7) is -0.336. The second-order valence-corrected chi connectivity index (χ2v) is 10.8. The van der Waals surface area contributed by atoms with Crippen LogP contribution in [0.15, 0.2) is 29.3 Å². The molecule has 1 N–H and O–H groups in total. The summed E-state index contributed by atoms with van der Waals surface area (Å²) in [7, 11) is -2.89. The molecule has 1 unspecified atom stereocenters. The lowest BCUT2D eigenvalue weighted by Gasteiger charge is -2.31. The lowest BCUT2D eigenvalue weighted by Crippen LogP contribution is -2.33. The summed E-state index contributed by atoms with van der Waals surface area (Å²) >= 11 is 0. The quantitative estimate of drug-likeness (QED) is 0.657. The van der Waals surface area contributed by atoms with Gasteiger partial charge in [-0.25, -0.2) is 8.42 Å². The van der Waals surface area contributed by atoms with E-state index in [-0.39, 0.29) is 17.4 Å². The third-order valence-corrected chi connectivity index (χ3v) is 8.56. The van der Waals surface area contributed by atoms with Crippen LogP contribution in [0.2, 0.25) is 0 Å². The first kappa shape index (κ1) is 23.7. The smallest absolute Gasteiger partial charge is 0.416 e. The van der Waals surface area contributed by atoms with Crippen molar-refractivity contribution in [3.63, 3.8) is 0 Å². The Morgan fingerprint density at radius 2 is 1.88 bits per heavy atom. The number of halogens is 3. The van der Waals surface area contributed by atoms with Crippen LogP contribution in [-0.4, -0.2) is 40.6 Å². The molecule has 1 atom stereocenters. The number of carboxylic acids is 1. The highest BCUT2D eigenvalue weighted by Crippen LogP contribution is 2.41. The molecule has 180 valence electrons. The van der Waals surface area contributed by atoms with E-state index in [1.54, 1.807) is 0 Å². The van der Waals surface area contributed by atoms with E-state index in [1.807, 2.05) is 0 Å². The Labute approximate surface area is 190 Å². The largest absolute Gasteiger partial charge is 0.480 e. The molecule has 0 saturated heterocycles. The summed E-state index contributed by atoms with van der Waals surface area (Å²) in [6, 6.07) is 2.53. The van der Waals surface area contributed by atoms with Crippen LogP contribution < -0.4 is 0 Å². The van der Waals surface area contributed by atoms with Gasteiger partial charge in [-0.1, -0.05) is 12.8 Å². The summed E-state index contributed by atoms with van der Waals surface area (Å²) in [5.74, 6) is -1.14. The number of sulfonamides is 1. The van der Waals surface area contributed by atoms with E-state index in [0.29, 0.717) is 42.1 Å². The first-order chi connectivity index (χ1) is 15.5. The summed E-state index contributed by atoms with van der Waals surface area (Å²) in [6.07, 6.45) is 1.74. The summed E-state index contributed by atoms with van der Waals surface area (Å²) in [4.78, 5) is 10.7. The van der Waals surface area contributed by atoms with Crippen LogP contribution >= 0.6 is 0 Å². The third-order valence-electron chi connectivity index (χ3n) is 6.71. The fraction of sp³-hybridized carbons (Fsp3) is 0.545. The van der Waals surface area contributed by atoms with Crippen molar-refractivity contribution >= 4 is 16.0 Å². The maximum Gasteiger partial charge on any atom is 0.416 e. The van der Waals surface area contributed by atoms with Crippen LogP contribution in [0.25, 0.3) is 0 Å². The van der Waals surface area contributed by atoms with E-state index >= 15 is 0 Å². The molecule has 1 aromatic carbocycles. The van der Waals surface area contributed by atoms with Crippen molar-refractivity contribution in [3.05, 3.63) is 46.8 Å². The predicted molar refractivity (Wildman–Crippen MR) is 113 cm³/mol. The summed E-state index contributed by atoms with van der Waals surface area (Å²) < 4.78 is 70.3. The van der Waals surface area contributed by atoms with Gasteiger partial charge in [0.1, 0.15) is 6.54 Å². The molecular weight excluding hydrogens is 459 g/mol. The SMILES string of the molecule is CN(C1CCCc2c1cnn2CC(=O)O)S(=O)(=O)c1cc(C2CCCC2)cc(C(F)(F)F)c1. The standard InChI is InChI=1S/C22H26F3N3O4S/c1-27(19-7-4-8-20-18(19)12-26-28(20)13-21(29)30)33(31,32)17-10-15(14-5-2-3-6-14)9-16(11-17)22(23,24)25/h9-12,14,19H,2-8,13H2,1H3,(H,29,30). The van der Waals surface area contributed by atoms with Crippen LogP contribution in [0.1, 0.15) is 72.9 Å². The molecule has 2 aromatic rings. The zero-order valence-corrected chi connectivity index (χ0v) is 19.0. The average Bonchev–Trinajstić information content (AvgIpc) is 3.42. The van der Waals surface area contributed by atoms with Crippen LogP contribution in [0.5, 0.6) is 0 Å². The average molecular weight is 486 g/mol. The minimum atomic E-state index is -4.66. The highest BCUT2D eigenvalue weighted by Gasteiger charge is 2.37. The van der Waals surface area contributed by atoms with Gasteiger partial charge in [-0.2, -0.15) is 22.6 Å². The zero-order chi connectivity index (χ0) is 24.0. The molecule has 11 heteroatoms. The van der Waals surface area contributed by atoms with Crippen LogP contribution in [0.4, 0.5) is 13.2 Å². The molecule has 0 spiro atoms. The third kappa shape index (κ3) is 4.65. The lowest BCUT2D eigenvalue weighted by atomic mass is 9.93. The Morgan fingerprint density at radius 3 is 2.52 bits per heavy atom. The highest BCUT2D eigenvalue weighted by molar-refractivity contribution is 7.89. The Hall–Kier alpha value is -2.40. The molecule has 1 heterocycles. The van der Waals surface area contributed by atoms with Crippen LogP contribution in [0, 0.1) is 0 Å². The number of benzene rings is 1. The van der Waals surface area contributed by atoms with Crippen LogP contribution in [0.3, 0.4) is 0 Å². The van der Waals surface area contributed by atoms with Gasteiger partial charge in [0, 0.05) is 18.3 Å². The topological polar surface area (TPSA) is 92.5 Å². The maximum atomic E-state index is 13.6. The fourth-order valence-electron chi connectivity index (χ4n) is 5.00. The number of carboxylic acid groups (broad SMARTS) is 1. The van der Waals surface area contributed by atoms with E-state index in [1.165, 1.54) is 24.0 Å². The van der Waals surface area contributed by atoms with E-state index in [9.17, 15) is 26.4 Å². The van der Waals surface area contributed by atoms with Crippen molar-refractivity contribution in [2.45, 2.75) is 74.5 Å². The number of fused-ring (bicyclic) bond motifs is 1. The lowest BCUT2D eigenvalue weighted by molar-refractivity contribution is -0.138. The van der Waals surface area contributed by atoms with Gasteiger partial charge in [0.05, 0.1) is 22.7 Å². The van der Waals surface area contributed by atoms with E-state index in [4.69, 9.17) is 5.11 Å². The molecule has 0 bridgehead atoms. The normalized spacial score (nSPS) is 19.7. The molecule has 1 aromatic heterocycles. The predicted octanol–water partition coefficient (Wildman–Crippen LogP) is 4.34. The molecule has 7 nitrogen and oxygen atoms in total. The molecule has 33 heavy (non-hydrogen) atoms. The molecule has 0 amide bonds. The Kier molecular flexibility index (Phi) is 6.30. The number of aliphatic carboxylic acids is 1. The number of hydrogen-bond acceptors (Lipinski definition) is 4. The monoisotopic (exact) mass is 485 g/mol. The fourth-order valence-corrected chi connectivity index (χ4v) is 6.45. The van der Waals surface area contributed by atoms with Crippen molar-refractivity contribution in [2.24, 2.45) is 0 Å². The minimum absolute atomic E-state index is 0.0814. The molecule has 1 fully saturated rings. The maximum absolute atomic E-state index is 13.6. The Bertz CT molecular complexity index is 1150. The summed E-state index contributed by atoms with van der Waals surface area (Å²) in [5, 5.41) is 13.2. The first-order valence-electron chi connectivity index (χ1n) is 10.9. The number of nitrogens with zero attached hydrogens (tertiary/aromatic N) is 3. The number of aromatic nitrogens is 2. The van der Waals surface area contributed by atoms with Gasteiger partial charge < -0.3 is 5.11 Å². The number of carbonyl (C=O) groups is 1. The van der Waals surface area contributed by atoms with Crippen molar-refractivity contribution in [2.75, 3.05) is 7.05 Å². The van der Waals surface area contributed by atoms with Crippen molar-refractivity contribution in [1.29, 1.82) is 0 Å². The van der Waals surface area contributed by atoms with E-state index < -0.39 is 33.8 Å². The summed E-state index contributed by atoms with van der Waals surface area (Å²) in [5.41, 5.74) is 0.688. The molecule has 0 aliphatic heterocycles. The van der Waals surface area contributed by atoms with Gasteiger partial charge in [-0.3, -0.25) is 9.48 Å². The van der Waals surface area contributed by atoms with Crippen LogP contribution in [-0.2, 0) is 34.0 Å². The highest BCUT2D eigenvalue weighted by atomic mass is 32.2. The molecular formula is C22H26F3N3O4S. The number of alkyl halides is 3. The molecule has 2 aliphatic rings. The molecule has 4 rings (SSSR count). The van der Waals surface area contributed by atoms with Gasteiger partial charge in [0.25, 0.3) is 0 Å². The van der Waals surface area contributed by atoms with Crippen molar-refractivity contribution in [3.8, 4) is 0 Å². The Balaban J connectivity index is 1.72. The number of rotatable bonds is 6. The second-order valence-electron chi connectivity index (χ2n) is 8.80. The molecule has 0 radical (unpaired) electrons.